The highest BCUT2D eigenvalue weighted by atomic mass is 35.5. The molecule has 0 radical (unpaired) electrons. The summed E-state index contributed by atoms with van der Waals surface area (Å²) in [4.78, 5) is 28.8. The second-order valence-electron chi connectivity index (χ2n) is 5.58. The van der Waals surface area contributed by atoms with Gasteiger partial charge in [0.25, 0.3) is 0 Å². The Labute approximate surface area is 144 Å². The van der Waals surface area contributed by atoms with Crippen molar-refractivity contribution in [3.05, 3.63) is 57.9 Å². The van der Waals surface area contributed by atoms with Gasteiger partial charge in [-0.3, -0.25) is 4.79 Å². The Hall–Kier alpha value is -2.40. The van der Waals surface area contributed by atoms with Crippen LogP contribution in [0.3, 0.4) is 0 Å². The minimum Gasteiger partial charge on any atom is -0.496 e. The fraction of sp³-hybridized carbons (Fsp3) is 0.278. The van der Waals surface area contributed by atoms with Crippen molar-refractivity contribution in [2.75, 3.05) is 14.2 Å². The quantitative estimate of drug-likeness (QED) is 0.470. The zero-order chi connectivity index (χ0) is 17.3. The maximum Gasteiger partial charge on any atom is 0.341 e. The lowest BCUT2D eigenvalue weighted by Gasteiger charge is -2.12. The largest absolute Gasteiger partial charge is 0.496 e. The summed E-state index contributed by atoms with van der Waals surface area (Å²) >= 11 is 5.99. The third-order valence-corrected chi connectivity index (χ3v) is 4.34. The molecule has 1 aromatic carbocycles. The second-order valence-corrected chi connectivity index (χ2v) is 5.94. The Kier molecular flexibility index (Phi) is 4.53. The number of carbonyl (C=O) groups is 2. The number of hydrogen-bond acceptors (Lipinski definition) is 5. The number of rotatable bonds is 5. The summed E-state index contributed by atoms with van der Waals surface area (Å²) in [5, 5.41) is -0.0683. The Balaban J connectivity index is 2.06. The maximum absolute atomic E-state index is 12.9. The lowest BCUT2D eigenvalue weighted by atomic mass is 9.97. The van der Waals surface area contributed by atoms with E-state index in [1.165, 1.54) is 26.5 Å². The summed E-state index contributed by atoms with van der Waals surface area (Å²) in [5.41, 5.74) is 1.62. The monoisotopic (exact) mass is 345 g/mol. The van der Waals surface area contributed by atoms with E-state index in [0.717, 1.165) is 18.4 Å². The van der Waals surface area contributed by atoms with E-state index in [-0.39, 0.29) is 22.1 Å². The highest BCUT2D eigenvalue weighted by molar-refractivity contribution is 6.33. The molecule has 1 fully saturated rings. The zero-order valence-corrected chi connectivity index (χ0v) is 14.1. The minimum absolute atomic E-state index is 0.0417. The van der Waals surface area contributed by atoms with Crippen LogP contribution in [0.5, 0.6) is 5.75 Å². The summed E-state index contributed by atoms with van der Waals surface area (Å²) in [6.07, 6.45) is 3.69. The predicted octanol–water partition coefficient (Wildman–Crippen LogP) is 3.64. The van der Waals surface area contributed by atoms with Crippen molar-refractivity contribution >= 4 is 23.4 Å². The first-order chi connectivity index (χ1) is 11.6. The first-order valence-electron chi connectivity index (χ1n) is 7.52. The molecule has 0 amide bonds. The highest BCUT2D eigenvalue weighted by Crippen LogP contribution is 2.42. The number of aromatic nitrogens is 1. The molecule has 0 bridgehead atoms. The van der Waals surface area contributed by atoms with E-state index in [9.17, 15) is 9.59 Å². The van der Waals surface area contributed by atoms with Crippen molar-refractivity contribution in [3.63, 3.8) is 0 Å². The molecule has 0 aliphatic heterocycles. The topological polar surface area (TPSA) is 65.5 Å². The van der Waals surface area contributed by atoms with E-state index in [1.54, 1.807) is 6.07 Å². The van der Waals surface area contributed by atoms with Gasteiger partial charge >= 0.3 is 5.97 Å². The Morgan fingerprint density at radius 2 is 1.92 bits per heavy atom. The van der Waals surface area contributed by atoms with Gasteiger partial charge < -0.3 is 9.47 Å². The molecule has 1 aliphatic carbocycles. The average Bonchev–Trinajstić information content (AvgIpc) is 3.44. The number of ether oxygens (including phenoxy) is 2. The zero-order valence-electron chi connectivity index (χ0n) is 13.3. The number of hydrogen-bond donors (Lipinski definition) is 0. The number of methoxy groups -OCH3 is 2. The lowest BCUT2D eigenvalue weighted by molar-refractivity contribution is 0.0597. The van der Waals surface area contributed by atoms with Gasteiger partial charge in [0.1, 0.15) is 16.5 Å². The van der Waals surface area contributed by atoms with Crippen molar-refractivity contribution < 1.29 is 19.1 Å². The minimum atomic E-state index is -0.704. The summed E-state index contributed by atoms with van der Waals surface area (Å²) in [6.45, 7) is 0. The number of benzene rings is 1. The van der Waals surface area contributed by atoms with E-state index in [1.807, 2.05) is 12.1 Å². The van der Waals surface area contributed by atoms with Crippen LogP contribution in [0.15, 0.2) is 30.5 Å². The number of pyridine rings is 1. The number of nitrogens with zero attached hydrogens (tertiary/aromatic N) is 1. The SMILES string of the molecule is COC(=O)c1c(C(=O)c2ccc(C3CC3)cc2OC)ccnc1Cl. The molecular weight excluding hydrogens is 330 g/mol. The van der Waals surface area contributed by atoms with Crippen molar-refractivity contribution in [2.45, 2.75) is 18.8 Å². The van der Waals surface area contributed by atoms with Crippen LogP contribution in [0.2, 0.25) is 5.15 Å². The first-order valence-corrected chi connectivity index (χ1v) is 7.90. The van der Waals surface area contributed by atoms with E-state index >= 15 is 0 Å². The van der Waals surface area contributed by atoms with Gasteiger partial charge in [-0.2, -0.15) is 0 Å². The van der Waals surface area contributed by atoms with Crippen LogP contribution < -0.4 is 4.74 Å². The third kappa shape index (κ3) is 2.99. The molecule has 1 heterocycles. The normalized spacial score (nSPS) is 13.5. The molecule has 6 heteroatoms. The van der Waals surface area contributed by atoms with Gasteiger partial charge in [-0.25, -0.2) is 9.78 Å². The Bertz CT molecular complexity index is 815. The van der Waals surface area contributed by atoms with Crippen LogP contribution in [-0.4, -0.2) is 31.0 Å². The van der Waals surface area contributed by atoms with Gasteiger partial charge in [-0.1, -0.05) is 17.7 Å². The van der Waals surface area contributed by atoms with Gasteiger partial charge in [0, 0.05) is 11.8 Å². The smallest absolute Gasteiger partial charge is 0.341 e. The molecule has 0 unspecified atom stereocenters. The summed E-state index contributed by atoms with van der Waals surface area (Å²) < 4.78 is 10.1. The van der Waals surface area contributed by atoms with Crippen molar-refractivity contribution in [3.8, 4) is 5.75 Å². The van der Waals surface area contributed by atoms with Gasteiger partial charge in [-0.05, 0) is 42.5 Å². The molecule has 1 saturated carbocycles. The summed E-state index contributed by atoms with van der Waals surface area (Å²) in [5.74, 6) is -0.0406. The van der Waals surface area contributed by atoms with Gasteiger partial charge in [0.15, 0.2) is 5.78 Å². The molecule has 0 N–H and O–H groups in total. The number of halogens is 1. The molecule has 1 aliphatic rings. The Morgan fingerprint density at radius 1 is 1.17 bits per heavy atom. The van der Waals surface area contributed by atoms with Gasteiger partial charge in [0.05, 0.1) is 19.8 Å². The van der Waals surface area contributed by atoms with E-state index in [2.05, 4.69) is 4.98 Å². The molecular formula is C18H16ClNO4. The predicted molar refractivity (Wildman–Crippen MR) is 89.0 cm³/mol. The summed E-state index contributed by atoms with van der Waals surface area (Å²) in [6, 6.07) is 6.98. The molecule has 5 nitrogen and oxygen atoms in total. The van der Waals surface area contributed by atoms with Crippen molar-refractivity contribution in [1.29, 1.82) is 0 Å². The van der Waals surface area contributed by atoms with E-state index in [0.29, 0.717) is 17.2 Å². The third-order valence-electron chi connectivity index (χ3n) is 4.06. The molecule has 124 valence electrons. The number of ketones is 1. The number of carbonyl (C=O) groups excluding carboxylic acids is 2. The van der Waals surface area contributed by atoms with Crippen molar-refractivity contribution in [1.82, 2.24) is 4.98 Å². The van der Waals surface area contributed by atoms with E-state index in [4.69, 9.17) is 21.1 Å². The molecule has 0 spiro atoms. The van der Waals surface area contributed by atoms with E-state index < -0.39 is 5.97 Å². The standard InChI is InChI=1S/C18H16ClNO4/c1-23-14-9-11(10-3-4-10)5-6-12(14)16(21)13-7-8-20-17(19)15(13)18(22)24-2/h5-10H,3-4H2,1-2H3. The molecule has 1 aromatic heterocycles. The van der Waals surface area contributed by atoms with Gasteiger partial charge in [0.2, 0.25) is 0 Å². The highest BCUT2D eigenvalue weighted by Gasteiger charge is 2.27. The maximum atomic E-state index is 12.9. The van der Waals surface area contributed by atoms with Gasteiger partial charge in [-0.15, -0.1) is 0 Å². The fourth-order valence-electron chi connectivity index (χ4n) is 2.63. The average molecular weight is 346 g/mol. The molecule has 0 atom stereocenters. The molecule has 3 rings (SSSR count). The van der Waals surface area contributed by atoms with Crippen LogP contribution in [-0.2, 0) is 4.74 Å². The number of esters is 1. The van der Waals surface area contributed by atoms with Crippen LogP contribution in [0.25, 0.3) is 0 Å². The molecule has 0 saturated heterocycles. The summed E-state index contributed by atoms with van der Waals surface area (Å²) in [7, 11) is 2.74. The van der Waals surface area contributed by atoms with Crippen LogP contribution in [0.1, 0.15) is 50.6 Å². The van der Waals surface area contributed by atoms with Crippen LogP contribution in [0, 0.1) is 0 Å². The molecule has 2 aromatic rings. The second kappa shape index (κ2) is 6.61. The Morgan fingerprint density at radius 3 is 2.54 bits per heavy atom. The van der Waals surface area contributed by atoms with Crippen molar-refractivity contribution in [2.24, 2.45) is 0 Å². The lowest BCUT2D eigenvalue weighted by Crippen LogP contribution is -2.13. The fourth-order valence-corrected chi connectivity index (χ4v) is 2.87. The van der Waals surface area contributed by atoms with Crippen LogP contribution >= 0.6 is 11.6 Å². The molecule has 24 heavy (non-hydrogen) atoms. The first kappa shape index (κ1) is 16.5. The van der Waals surface area contributed by atoms with Crippen LogP contribution in [0.4, 0.5) is 0 Å².